The molecule has 5 atom stereocenters. The molecule has 1 heteroatoms. The third-order valence-corrected chi connectivity index (χ3v) is 6.06. The summed E-state index contributed by atoms with van der Waals surface area (Å²) >= 11 is 0. The average Bonchev–Trinajstić information content (AvgIpc) is 2.84. The van der Waals surface area contributed by atoms with Gasteiger partial charge in [0.1, 0.15) is 0 Å². The standard InChI is InChI=1S/C18H25N/c1-12(13-5-3-2-4-6-13)9-10-19-18-16-14-7-8-15(11-14)17(16)18/h2-6,12,14-19H,7-11H2,1H3. The summed E-state index contributed by atoms with van der Waals surface area (Å²) in [6.07, 6.45) is 5.90. The summed E-state index contributed by atoms with van der Waals surface area (Å²) < 4.78 is 0. The van der Waals surface area contributed by atoms with Crippen molar-refractivity contribution in [2.75, 3.05) is 6.54 Å². The van der Waals surface area contributed by atoms with Crippen molar-refractivity contribution in [3.63, 3.8) is 0 Å². The first kappa shape index (κ1) is 12.0. The van der Waals surface area contributed by atoms with Crippen molar-refractivity contribution in [1.29, 1.82) is 0 Å². The fourth-order valence-corrected chi connectivity index (χ4v) is 5.01. The third-order valence-electron chi connectivity index (χ3n) is 6.06. The van der Waals surface area contributed by atoms with E-state index >= 15 is 0 Å². The highest BCUT2D eigenvalue weighted by Crippen LogP contribution is 2.65. The SMILES string of the molecule is CC(CCNC1C2C3CCC(C3)C12)c1ccccc1. The average molecular weight is 255 g/mol. The lowest BCUT2D eigenvalue weighted by molar-refractivity contribution is 0.454. The van der Waals surface area contributed by atoms with Crippen LogP contribution in [-0.4, -0.2) is 12.6 Å². The number of fused-ring (bicyclic) bond motifs is 5. The predicted molar refractivity (Wildman–Crippen MR) is 79.1 cm³/mol. The van der Waals surface area contributed by atoms with Crippen molar-refractivity contribution in [1.82, 2.24) is 5.32 Å². The second-order valence-electron chi connectivity index (χ2n) is 7.07. The molecule has 2 bridgehead atoms. The van der Waals surface area contributed by atoms with Crippen LogP contribution in [0.15, 0.2) is 30.3 Å². The molecule has 0 aromatic heterocycles. The van der Waals surface area contributed by atoms with Crippen LogP contribution in [0.4, 0.5) is 0 Å². The number of hydrogen-bond acceptors (Lipinski definition) is 1. The van der Waals surface area contributed by atoms with E-state index in [1.165, 1.54) is 31.4 Å². The van der Waals surface area contributed by atoms with Gasteiger partial charge in [-0.3, -0.25) is 0 Å². The molecule has 5 unspecified atom stereocenters. The quantitative estimate of drug-likeness (QED) is 0.843. The Morgan fingerprint density at radius 3 is 2.47 bits per heavy atom. The van der Waals surface area contributed by atoms with E-state index in [1.807, 2.05) is 0 Å². The van der Waals surface area contributed by atoms with E-state index in [9.17, 15) is 0 Å². The molecule has 1 aromatic rings. The van der Waals surface area contributed by atoms with Crippen molar-refractivity contribution in [2.45, 2.75) is 44.6 Å². The van der Waals surface area contributed by atoms with Crippen LogP contribution < -0.4 is 5.32 Å². The molecule has 0 saturated heterocycles. The molecule has 3 saturated carbocycles. The van der Waals surface area contributed by atoms with Crippen molar-refractivity contribution >= 4 is 0 Å². The van der Waals surface area contributed by atoms with Crippen molar-refractivity contribution in [3.05, 3.63) is 35.9 Å². The van der Waals surface area contributed by atoms with E-state index < -0.39 is 0 Å². The smallest absolute Gasteiger partial charge is 0.0135 e. The van der Waals surface area contributed by atoms with Gasteiger partial charge in [0.25, 0.3) is 0 Å². The van der Waals surface area contributed by atoms with Crippen molar-refractivity contribution < 1.29 is 0 Å². The maximum atomic E-state index is 3.86. The van der Waals surface area contributed by atoms with E-state index in [0.29, 0.717) is 5.92 Å². The van der Waals surface area contributed by atoms with Crippen LogP contribution in [0.2, 0.25) is 0 Å². The Kier molecular flexibility index (Phi) is 2.91. The van der Waals surface area contributed by atoms with Gasteiger partial charge in [-0.15, -0.1) is 0 Å². The first-order chi connectivity index (χ1) is 9.34. The zero-order chi connectivity index (χ0) is 12.8. The molecule has 0 aliphatic heterocycles. The molecule has 0 spiro atoms. The number of hydrogen-bond donors (Lipinski definition) is 1. The molecule has 3 aliphatic carbocycles. The minimum atomic E-state index is 0.684. The van der Waals surface area contributed by atoms with Gasteiger partial charge in [0.15, 0.2) is 0 Å². The van der Waals surface area contributed by atoms with Crippen molar-refractivity contribution in [2.24, 2.45) is 23.7 Å². The largest absolute Gasteiger partial charge is 0.313 e. The topological polar surface area (TPSA) is 12.0 Å². The summed E-state index contributed by atoms with van der Waals surface area (Å²) in [5, 5.41) is 3.86. The second-order valence-corrected chi connectivity index (χ2v) is 7.07. The van der Waals surface area contributed by atoms with Crippen LogP contribution in [0, 0.1) is 23.7 Å². The summed E-state index contributed by atoms with van der Waals surface area (Å²) in [5.74, 6) is 5.03. The van der Waals surface area contributed by atoms with Gasteiger partial charge in [-0.1, -0.05) is 37.3 Å². The zero-order valence-corrected chi connectivity index (χ0v) is 11.9. The Hall–Kier alpha value is -0.820. The summed E-state index contributed by atoms with van der Waals surface area (Å²) in [5.41, 5.74) is 1.49. The second kappa shape index (κ2) is 4.63. The molecule has 3 aliphatic rings. The molecule has 4 rings (SSSR count). The van der Waals surface area contributed by atoms with E-state index in [1.54, 1.807) is 6.42 Å². The van der Waals surface area contributed by atoms with Gasteiger partial charge in [-0.2, -0.15) is 0 Å². The Morgan fingerprint density at radius 1 is 1.11 bits per heavy atom. The maximum absolute atomic E-state index is 3.86. The van der Waals surface area contributed by atoms with Crippen molar-refractivity contribution in [3.8, 4) is 0 Å². The first-order valence-electron chi connectivity index (χ1n) is 8.13. The highest BCUT2D eigenvalue weighted by Gasteiger charge is 2.64. The van der Waals surface area contributed by atoms with Gasteiger partial charge in [0.2, 0.25) is 0 Å². The molecule has 19 heavy (non-hydrogen) atoms. The summed E-state index contributed by atoms with van der Waals surface area (Å²) in [4.78, 5) is 0. The van der Waals surface area contributed by atoms with Crippen LogP contribution in [0.5, 0.6) is 0 Å². The van der Waals surface area contributed by atoms with Gasteiger partial charge >= 0.3 is 0 Å². The monoisotopic (exact) mass is 255 g/mol. The molecule has 3 fully saturated rings. The van der Waals surface area contributed by atoms with E-state index in [4.69, 9.17) is 0 Å². The molecular formula is C18H25N. The lowest BCUT2D eigenvalue weighted by Gasteiger charge is -2.14. The maximum Gasteiger partial charge on any atom is 0.0135 e. The van der Waals surface area contributed by atoms with Crippen LogP contribution in [0.25, 0.3) is 0 Å². The zero-order valence-electron chi connectivity index (χ0n) is 11.9. The molecule has 1 nitrogen and oxygen atoms in total. The lowest BCUT2D eigenvalue weighted by Crippen LogP contribution is -2.24. The number of rotatable bonds is 5. The molecular weight excluding hydrogens is 230 g/mol. The predicted octanol–water partition coefficient (Wildman–Crippen LogP) is 3.81. The highest BCUT2D eigenvalue weighted by atomic mass is 15.0. The van der Waals surface area contributed by atoms with Crippen LogP contribution >= 0.6 is 0 Å². The minimum Gasteiger partial charge on any atom is -0.313 e. The highest BCUT2D eigenvalue weighted by molar-refractivity contribution is 5.19. The molecule has 1 N–H and O–H groups in total. The third kappa shape index (κ3) is 2.03. The molecule has 0 heterocycles. The molecule has 1 aromatic carbocycles. The Morgan fingerprint density at radius 2 is 1.79 bits per heavy atom. The minimum absolute atomic E-state index is 0.684. The summed E-state index contributed by atoms with van der Waals surface area (Å²) in [7, 11) is 0. The van der Waals surface area contributed by atoms with Crippen LogP contribution in [-0.2, 0) is 0 Å². The van der Waals surface area contributed by atoms with Gasteiger partial charge in [-0.05, 0) is 67.4 Å². The summed E-state index contributed by atoms with van der Waals surface area (Å²) in [6.45, 7) is 3.56. The summed E-state index contributed by atoms with van der Waals surface area (Å²) in [6, 6.07) is 11.8. The number of benzene rings is 1. The van der Waals surface area contributed by atoms with Gasteiger partial charge in [0, 0.05) is 6.04 Å². The lowest BCUT2D eigenvalue weighted by atomic mass is 9.98. The normalized spacial score (nSPS) is 40.2. The molecule has 0 radical (unpaired) electrons. The molecule has 102 valence electrons. The Labute approximate surface area is 116 Å². The van der Waals surface area contributed by atoms with E-state index in [-0.39, 0.29) is 0 Å². The van der Waals surface area contributed by atoms with Crippen LogP contribution in [0.3, 0.4) is 0 Å². The van der Waals surface area contributed by atoms with E-state index in [0.717, 1.165) is 29.7 Å². The Bertz CT molecular complexity index is 424. The van der Waals surface area contributed by atoms with Gasteiger partial charge in [0.05, 0.1) is 0 Å². The van der Waals surface area contributed by atoms with Gasteiger partial charge < -0.3 is 5.32 Å². The fourth-order valence-electron chi connectivity index (χ4n) is 5.01. The van der Waals surface area contributed by atoms with Crippen LogP contribution in [0.1, 0.15) is 44.1 Å². The number of nitrogens with one attached hydrogen (secondary N) is 1. The first-order valence-corrected chi connectivity index (χ1v) is 8.13. The van der Waals surface area contributed by atoms with Gasteiger partial charge in [-0.25, -0.2) is 0 Å². The Balaban J connectivity index is 1.25. The molecule has 0 amide bonds. The fraction of sp³-hybridized carbons (Fsp3) is 0.667. The van der Waals surface area contributed by atoms with E-state index in [2.05, 4.69) is 42.6 Å².